The zero-order valence-corrected chi connectivity index (χ0v) is 12.7. The van der Waals surface area contributed by atoms with Crippen LogP contribution < -0.4 is 0 Å². The SMILES string of the molecule is O[C@H](CN1CCN(C[C@H]2CCCO2)CC1)c1ccccc1. The average Bonchev–Trinajstić information content (AvgIpc) is 3.03. The summed E-state index contributed by atoms with van der Waals surface area (Å²) in [6.07, 6.45) is 2.50. The van der Waals surface area contributed by atoms with Crippen LogP contribution in [-0.2, 0) is 4.74 Å². The van der Waals surface area contributed by atoms with E-state index in [1.54, 1.807) is 0 Å². The highest BCUT2D eigenvalue weighted by Gasteiger charge is 2.23. The van der Waals surface area contributed by atoms with Gasteiger partial charge in [-0.15, -0.1) is 0 Å². The third kappa shape index (κ3) is 4.27. The minimum atomic E-state index is -0.379. The smallest absolute Gasteiger partial charge is 0.0916 e. The first-order chi connectivity index (χ1) is 10.3. The molecular weight excluding hydrogens is 264 g/mol. The lowest BCUT2D eigenvalue weighted by atomic mass is 10.1. The summed E-state index contributed by atoms with van der Waals surface area (Å²) in [5, 5.41) is 10.3. The molecule has 2 fully saturated rings. The molecule has 0 unspecified atom stereocenters. The molecule has 0 saturated carbocycles. The number of ether oxygens (including phenoxy) is 1. The van der Waals surface area contributed by atoms with Crippen molar-refractivity contribution in [2.45, 2.75) is 25.0 Å². The van der Waals surface area contributed by atoms with Crippen LogP contribution in [0.25, 0.3) is 0 Å². The predicted molar refractivity (Wildman–Crippen MR) is 83.3 cm³/mol. The second-order valence-electron chi connectivity index (χ2n) is 6.16. The second-order valence-corrected chi connectivity index (χ2v) is 6.16. The van der Waals surface area contributed by atoms with Gasteiger partial charge in [0.2, 0.25) is 0 Å². The van der Waals surface area contributed by atoms with Gasteiger partial charge in [-0.2, -0.15) is 0 Å². The summed E-state index contributed by atoms with van der Waals surface area (Å²) in [7, 11) is 0. The predicted octanol–water partition coefficient (Wildman–Crippen LogP) is 1.52. The van der Waals surface area contributed by atoms with Gasteiger partial charge in [0.1, 0.15) is 0 Å². The van der Waals surface area contributed by atoms with E-state index in [1.165, 1.54) is 12.8 Å². The monoisotopic (exact) mass is 290 g/mol. The number of nitrogens with zero attached hydrogens (tertiary/aromatic N) is 2. The minimum absolute atomic E-state index is 0.379. The van der Waals surface area contributed by atoms with Crippen LogP contribution in [0.1, 0.15) is 24.5 Å². The van der Waals surface area contributed by atoms with E-state index in [0.29, 0.717) is 6.10 Å². The van der Waals surface area contributed by atoms with E-state index < -0.39 is 0 Å². The molecule has 2 aliphatic heterocycles. The van der Waals surface area contributed by atoms with Gasteiger partial charge in [-0.3, -0.25) is 9.80 Å². The first-order valence-electron chi connectivity index (χ1n) is 8.10. The highest BCUT2D eigenvalue weighted by Crippen LogP contribution is 2.17. The Hall–Kier alpha value is -0.940. The summed E-state index contributed by atoms with van der Waals surface area (Å²) in [5.74, 6) is 0. The Labute approximate surface area is 127 Å². The molecule has 1 aromatic carbocycles. The van der Waals surface area contributed by atoms with Gasteiger partial charge in [-0.1, -0.05) is 30.3 Å². The number of aliphatic hydroxyl groups is 1. The molecule has 2 heterocycles. The number of rotatable bonds is 5. The quantitative estimate of drug-likeness (QED) is 0.892. The topological polar surface area (TPSA) is 35.9 Å². The maximum atomic E-state index is 10.3. The van der Waals surface area contributed by atoms with Crippen LogP contribution in [0.4, 0.5) is 0 Å². The lowest BCUT2D eigenvalue weighted by Crippen LogP contribution is -2.49. The van der Waals surface area contributed by atoms with E-state index in [1.807, 2.05) is 30.3 Å². The summed E-state index contributed by atoms with van der Waals surface area (Å²) in [6.45, 7) is 7.00. The van der Waals surface area contributed by atoms with Crippen LogP contribution in [-0.4, -0.2) is 66.9 Å². The molecule has 21 heavy (non-hydrogen) atoms. The molecule has 2 atom stereocenters. The highest BCUT2D eigenvalue weighted by atomic mass is 16.5. The number of hydrogen-bond donors (Lipinski definition) is 1. The van der Waals surface area contributed by atoms with Gasteiger partial charge in [-0.25, -0.2) is 0 Å². The molecule has 2 aliphatic rings. The molecule has 4 heteroatoms. The van der Waals surface area contributed by atoms with Crippen molar-refractivity contribution >= 4 is 0 Å². The normalized spacial score (nSPS) is 26.0. The third-order valence-corrected chi connectivity index (χ3v) is 4.57. The van der Waals surface area contributed by atoms with E-state index in [4.69, 9.17) is 4.74 Å². The Morgan fingerprint density at radius 2 is 1.81 bits per heavy atom. The number of aliphatic hydroxyl groups excluding tert-OH is 1. The van der Waals surface area contributed by atoms with E-state index >= 15 is 0 Å². The van der Waals surface area contributed by atoms with Gasteiger partial charge in [-0.05, 0) is 18.4 Å². The van der Waals surface area contributed by atoms with Gasteiger partial charge in [0.05, 0.1) is 12.2 Å². The maximum absolute atomic E-state index is 10.3. The Morgan fingerprint density at radius 1 is 1.10 bits per heavy atom. The molecule has 0 spiro atoms. The van der Waals surface area contributed by atoms with Gasteiger partial charge < -0.3 is 9.84 Å². The molecule has 116 valence electrons. The van der Waals surface area contributed by atoms with E-state index in [-0.39, 0.29) is 6.10 Å². The van der Waals surface area contributed by atoms with Crippen molar-refractivity contribution in [3.63, 3.8) is 0 Å². The van der Waals surface area contributed by atoms with E-state index in [9.17, 15) is 5.11 Å². The van der Waals surface area contributed by atoms with Crippen molar-refractivity contribution in [1.82, 2.24) is 9.80 Å². The first-order valence-corrected chi connectivity index (χ1v) is 8.10. The molecule has 0 amide bonds. The minimum Gasteiger partial charge on any atom is -0.387 e. The second kappa shape index (κ2) is 7.36. The van der Waals surface area contributed by atoms with Crippen molar-refractivity contribution in [2.75, 3.05) is 45.9 Å². The van der Waals surface area contributed by atoms with Crippen molar-refractivity contribution in [3.8, 4) is 0 Å². The summed E-state index contributed by atoms with van der Waals surface area (Å²) in [5.41, 5.74) is 1.01. The molecule has 1 N–H and O–H groups in total. The van der Waals surface area contributed by atoms with Crippen molar-refractivity contribution in [1.29, 1.82) is 0 Å². The molecule has 4 nitrogen and oxygen atoms in total. The zero-order chi connectivity index (χ0) is 14.5. The van der Waals surface area contributed by atoms with Crippen LogP contribution in [0.15, 0.2) is 30.3 Å². The molecule has 1 aromatic rings. The molecule has 0 bridgehead atoms. The van der Waals surface area contributed by atoms with Crippen molar-refractivity contribution in [2.24, 2.45) is 0 Å². The molecular formula is C17H26N2O2. The van der Waals surface area contributed by atoms with Gasteiger partial charge in [0.15, 0.2) is 0 Å². The lowest BCUT2D eigenvalue weighted by molar-refractivity contribution is 0.0364. The van der Waals surface area contributed by atoms with Crippen molar-refractivity contribution in [3.05, 3.63) is 35.9 Å². The number of piperazine rings is 1. The van der Waals surface area contributed by atoms with Gasteiger partial charge in [0, 0.05) is 45.9 Å². The highest BCUT2D eigenvalue weighted by molar-refractivity contribution is 5.17. The van der Waals surface area contributed by atoms with Crippen LogP contribution in [0.2, 0.25) is 0 Å². The Morgan fingerprint density at radius 3 is 2.48 bits per heavy atom. The Balaban J connectivity index is 1.41. The van der Waals surface area contributed by atoms with Crippen LogP contribution in [0, 0.1) is 0 Å². The van der Waals surface area contributed by atoms with Crippen LogP contribution >= 0.6 is 0 Å². The number of benzene rings is 1. The standard InChI is InChI=1S/C17H26N2O2/c20-17(15-5-2-1-3-6-15)14-19-10-8-18(9-11-19)13-16-7-4-12-21-16/h1-3,5-6,16-17,20H,4,7-14H2/t16-,17-/m1/s1. The fraction of sp³-hybridized carbons (Fsp3) is 0.647. The molecule has 0 radical (unpaired) electrons. The third-order valence-electron chi connectivity index (χ3n) is 4.57. The Kier molecular flexibility index (Phi) is 5.25. The summed E-state index contributed by atoms with van der Waals surface area (Å²) < 4.78 is 5.71. The fourth-order valence-electron chi connectivity index (χ4n) is 3.26. The van der Waals surface area contributed by atoms with E-state index in [0.717, 1.165) is 51.4 Å². The van der Waals surface area contributed by atoms with Crippen LogP contribution in [0.3, 0.4) is 0 Å². The lowest BCUT2D eigenvalue weighted by Gasteiger charge is -2.36. The maximum Gasteiger partial charge on any atom is 0.0916 e. The summed E-state index contributed by atoms with van der Waals surface area (Å²) in [6, 6.07) is 9.95. The molecule has 0 aliphatic carbocycles. The average molecular weight is 290 g/mol. The number of hydrogen-bond acceptors (Lipinski definition) is 4. The summed E-state index contributed by atoms with van der Waals surface area (Å²) >= 11 is 0. The fourth-order valence-corrected chi connectivity index (χ4v) is 3.26. The van der Waals surface area contributed by atoms with Gasteiger partial charge >= 0.3 is 0 Å². The Bertz CT molecular complexity index is 412. The molecule has 3 rings (SSSR count). The molecule has 2 saturated heterocycles. The number of β-amino-alcohol motifs (C(OH)–C–C–N with tert-alkyl or cyclic N) is 1. The van der Waals surface area contributed by atoms with Gasteiger partial charge in [0.25, 0.3) is 0 Å². The largest absolute Gasteiger partial charge is 0.387 e. The van der Waals surface area contributed by atoms with Crippen LogP contribution in [0.5, 0.6) is 0 Å². The zero-order valence-electron chi connectivity index (χ0n) is 12.7. The first kappa shape index (κ1) is 15.0. The molecule has 0 aromatic heterocycles. The van der Waals surface area contributed by atoms with Crippen molar-refractivity contribution < 1.29 is 9.84 Å². The summed E-state index contributed by atoms with van der Waals surface area (Å²) in [4.78, 5) is 4.87. The van der Waals surface area contributed by atoms with E-state index in [2.05, 4.69) is 9.80 Å².